The molecule has 0 fully saturated rings. The highest BCUT2D eigenvalue weighted by atomic mass is 79.9. The molecule has 0 aliphatic rings. The average molecular weight is 307 g/mol. The lowest BCUT2D eigenvalue weighted by Gasteiger charge is -2.08. The van der Waals surface area contributed by atoms with E-state index in [1.807, 2.05) is 42.5 Å². The molecule has 0 radical (unpaired) electrons. The number of nitrogens with zero attached hydrogens (tertiary/aromatic N) is 1. The minimum Gasteiger partial charge on any atom is -0.438 e. The van der Waals surface area contributed by atoms with Crippen LogP contribution < -0.4 is 10.1 Å². The molecule has 1 heterocycles. The molecule has 2 rings (SSSR count). The molecule has 0 saturated carbocycles. The summed E-state index contributed by atoms with van der Waals surface area (Å²) in [4.78, 5) is 4.39. The number of hydrogen-bond donors (Lipinski definition) is 1. The summed E-state index contributed by atoms with van der Waals surface area (Å²) in [5.74, 6) is 2.18. The average Bonchev–Trinajstić information content (AvgIpc) is 2.40. The number of benzene rings is 1. The van der Waals surface area contributed by atoms with Crippen LogP contribution in [0.1, 0.15) is 13.3 Å². The summed E-state index contributed by atoms with van der Waals surface area (Å²) >= 11 is 3.45. The molecule has 0 saturated heterocycles. The highest BCUT2D eigenvalue weighted by Crippen LogP contribution is 2.28. The fourth-order valence-electron chi connectivity index (χ4n) is 1.46. The molecule has 0 aliphatic carbocycles. The Morgan fingerprint density at radius 1 is 1.17 bits per heavy atom. The summed E-state index contributed by atoms with van der Waals surface area (Å²) in [6.45, 7) is 3.03. The van der Waals surface area contributed by atoms with Gasteiger partial charge in [-0.3, -0.25) is 0 Å². The van der Waals surface area contributed by atoms with Crippen molar-refractivity contribution in [2.24, 2.45) is 0 Å². The van der Waals surface area contributed by atoms with Crippen LogP contribution in [-0.4, -0.2) is 11.5 Å². The smallest absolute Gasteiger partial charge is 0.221 e. The van der Waals surface area contributed by atoms with Crippen molar-refractivity contribution in [2.75, 3.05) is 11.9 Å². The van der Waals surface area contributed by atoms with Gasteiger partial charge in [-0.2, -0.15) is 4.98 Å². The van der Waals surface area contributed by atoms with Crippen LogP contribution >= 0.6 is 15.9 Å². The van der Waals surface area contributed by atoms with Crippen LogP contribution in [0.4, 0.5) is 5.82 Å². The number of nitrogens with one attached hydrogen (secondary N) is 1. The van der Waals surface area contributed by atoms with Crippen LogP contribution in [0.2, 0.25) is 0 Å². The van der Waals surface area contributed by atoms with Crippen LogP contribution in [0, 0.1) is 0 Å². The summed E-state index contributed by atoms with van der Waals surface area (Å²) in [6.07, 6.45) is 1.07. The zero-order valence-electron chi connectivity index (χ0n) is 10.2. The van der Waals surface area contributed by atoms with E-state index >= 15 is 0 Å². The van der Waals surface area contributed by atoms with E-state index in [-0.39, 0.29) is 0 Å². The number of anilines is 1. The maximum Gasteiger partial charge on any atom is 0.221 e. The van der Waals surface area contributed by atoms with Gasteiger partial charge in [-0.15, -0.1) is 0 Å². The number of para-hydroxylation sites is 1. The predicted molar refractivity (Wildman–Crippen MR) is 77.2 cm³/mol. The monoisotopic (exact) mass is 306 g/mol. The SMILES string of the molecule is CCCNc1cccc(Oc2ccccc2Br)n1. The second-order valence-corrected chi connectivity index (χ2v) is 4.67. The fraction of sp³-hybridized carbons (Fsp3) is 0.214. The van der Waals surface area contributed by atoms with Crippen molar-refractivity contribution in [1.29, 1.82) is 0 Å². The highest BCUT2D eigenvalue weighted by Gasteiger charge is 2.03. The minimum absolute atomic E-state index is 0.586. The molecule has 0 spiro atoms. The standard InChI is InChI=1S/C14H15BrN2O/c1-2-10-16-13-8-5-9-14(17-13)18-12-7-4-3-6-11(12)15/h3-9H,2,10H2,1H3,(H,16,17). The molecule has 3 nitrogen and oxygen atoms in total. The molecule has 1 aromatic carbocycles. The first-order valence-electron chi connectivity index (χ1n) is 5.93. The van der Waals surface area contributed by atoms with Gasteiger partial charge in [0.1, 0.15) is 11.6 Å². The lowest BCUT2D eigenvalue weighted by molar-refractivity contribution is 0.461. The van der Waals surface area contributed by atoms with Gasteiger partial charge in [-0.25, -0.2) is 0 Å². The Morgan fingerprint density at radius 3 is 2.78 bits per heavy atom. The van der Waals surface area contributed by atoms with E-state index in [9.17, 15) is 0 Å². The summed E-state index contributed by atoms with van der Waals surface area (Å²) in [7, 11) is 0. The van der Waals surface area contributed by atoms with Crippen molar-refractivity contribution in [1.82, 2.24) is 4.98 Å². The van der Waals surface area contributed by atoms with Gasteiger partial charge in [0.25, 0.3) is 0 Å². The van der Waals surface area contributed by atoms with E-state index in [2.05, 4.69) is 33.2 Å². The van der Waals surface area contributed by atoms with Gasteiger partial charge < -0.3 is 10.1 Å². The highest BCUT2D eigenvalue weighted by molar-refractivity contribution is 9.10. The van der Waals surface area contributed by atoms with Crippen LogP contribution in [0.25, 0.3) is 0 Å². The zero-order valence-corrected chi connectivity index (χ0v) is 11.8. The number of rotatable bonds is 5. The third-order valence-electron chi connectivity index (χ3n) is 2.33. The molecule has 4 heteroatoms. The number of aromatic nitrogens is 1. The van der Waals surface area contributed by atoms with Crippen molar-refractivity contribution < 1.29 is 4.74 Å². The predicted octanol–water partition coefficient (Wildman–Crippen LogP) is 4.46. The Morgan fingerprint density at radius 2 is 2.00 bits per heavy atom. The Bertz CT molecular complexity index is 517. The van der Waals surface area contributed by atoms with E-state index in [4.69, 9.17) is 4.74 Å². The van der Waals surface area contributed by atoms with Crippen molar-refractivity contribution in [3.63, 3.8) is 0 Å². The van der Waals surface area contributed by atoms with Crippen LogP contribution in [0.3, 0.4) is 0 Å². The number of halogens is 1. The maximum absolute atomic E-state index is 5.73. The van der Waals surface area contributed by atoms with Crippen molar-refractivity contribution >= 4 is 21.7 Å². The molecule has 94 valence electrons. The molecule has 18 heavy (non-hydrogen) atoms. The molecule has 1 aromatic heterocycles. The normalized spacial score (nSPS) is 10.1. The largest absolute Gasteiger partial charge is 0.438 e. The van der Waals surface area contributed by atoms with Gasteiger partial charge in [-0.1, -0.05) is 25.1 Å². The molecular formula is C14H15BrN2O. The Balaban J connectivity index is 2.12. The van der Waals surface area contributed by atoms with Crippen molar-refractivity contribution in [3.8, 4) is 11.6 Å². The lowest BCUT2D eigenvalue weighted by Crippen LogP contribution is -2.02. The van der Waals surface area contributed by atoms with Crippen LogP contribution in [-0.2, 0) is 0 Å². The van der Waals surface area contributed by atoms with E-state index < -0.39 is 0 Å². The molecule has 0 unspecified atom stereocenters. The first-order valence-corrected chi connectivity index (χ1v) is 6.72. The molecule has 2 aromatic rings. The van der Waals surface area contributed by atoms with Gasteiger partial charge in [0.15, 0.2) is 0 Å². The van der Waals surface area contributed by atoms with Crippen molar-refractivity contribution in [2.45, 2.75) is 13.3 Å². The van der Waals surface area contributed by atoms with Gasteiger partial charge >= 0.3 is 0 Å². The summed E-state index contributed by atoms with van der Waals surface area (Å²) in [5, 5.41) is 3.23. The van der Waals surface area contributed by atoms with Crippen LogP contribution in [0.5, 0.6) is 11.6 Å². The summed E-state index contributed by atoms with van der Waals surface area (Å²) < 4.78 is 6.65. The molecular weight excluding hydrogens is 292 g/mol. The van der Waals surface area contributed by atoms with Gasteiger partial charge in [0.2, 0.25) is 5.88 Å². The first-order chi connectivity index (χ1) is 8.79. The number of ether oxygens (including phenoxy) is 1. The number of pyridine rings is 1. The lowest BCUT2D eigenvalue weighted by atomic mass is 10.3. The van der Waals surface area contributed by atoms with Crippen LogP contribution in [0.15, 0.2) is 46.9 Å². The minimum atomic E-state index is 0.586. The molecule has 1 N–H and O–H groups in total. The maximum atomic E-state index is 5.73. The van der Waals surface area contributed by atoms with E-state index in [0.717, 1.165) is 29.0 Å². The molecule has 0 bridgehead atoms. The second kappa shape index (κ2) is 6.40. The topological polar surface area (TPSA) is 34.1 Å². The molecule has 0 amide bonds. The second-order valence-electron chi connectivity index (χ2n) is 3.82. The Hall–Kier alpha value is -1.55. The van der Waals surface area contributed by atoms with Gasteiger partial charge in [0.05, 0.1) is 4.47 Å². The Labute approximate surface area is 115 Å². The Kier molecular flexibility index (Phi) is 4.59. The number of hydrogen-bond acceptors (Lipinski definition) is 3. The van der Waals surface area contributed by atoms with Gasteiger partial charge in [-0.05, 0) is 40.5 Å². The zero-order chi connectivity index (χ0) is 12.8. The third kappa shape index (κ3) is 3.47. The molecule has 0 aliphatic heterocycles. The first kappa shape index (κ1) is 12.9. The van der Waals surface area contributed by atoms with Gasteiger partial charge in [0, 0.05) is 12.6 Å². The van der Waals surface area contributed by atoms with E-state index in [1.54, 1.807) is 0 Å². The third-order valence-corrected chi connectivity index (χ3v) is 2.99. The van der Waals surface area contributed by atoms with Crippen molar-refractivity contribution in [3.05, 3.63) is 46.9 Å². The van der Waals surface area contributed by atoms with E-state index in [0.29, 0.717) is 5.88 Å². The van der Waals surface area contributed by atoms with E-state index in [1.165, 1.54) is 0 Å². The molecule has 0 atom stereocenters. The quantitative estimate of drug-likeness (QED) is 0.885. The fourth-order valence-corrected chi connectivity index (χ4v) is 1.83. The summed E-state index contributed by atoms with van der Waals surface area (Å²) in [5.41, 5.74) is 0. The summed E-state index contributed by atoms with van der Waals surface area (Å²) in [6, 6.07) is 13.4.